The van der Waals surface area contributed by atoms with Crippen LogP contribution < -0.4 is 9.20 Å². The topological polar surface area (TPSA) is 52.6 Å². The summed E-state index contributed by atoms with van der Waals surface area (Å²) < 4.78 is 12.9. The zero-order valence-corrected chi connectivity index (χ0v) is 17.2. The van der Waals surface area contributed by atoms with Crippen LogP contribution in [0.15, 0.2) is 54.1 Å². The number of hydrogen-bond donors (Lipinski definition) is 0. The minimum atomic E-state index is -0.435. The molecule has 0 aromatic heterocycles. The van der Waals surface area contributed by atoms with E-state index in [0.29, 0.717) is 23.3 Å². The van der Waals surface area contributed by atoms with Crippen molar-refractivity contribution in [2.45, 2.75) is 30.7 Å². The molecule has 1 atom stereocenters. The monoisotopic (exact) mass is 428 g/mol. The van der Waals surface area contributed by atoms with E-state index in [9.17, 15) is 9.59 Å². The Hall–Kier alpha value is -2.36. The first kappa shape index (κ1) is 18.0. The van der Waals surface area contributed by atoms with Gasteiger partial charge in [0.2, 0.25) is 0 Å². The number of methoxy groups -OCH3 is 1. The molecule has 0 fully saturated rings. The van der Waals surface area contributed by atoms with E-state index >= 15 is 0 Å². The van der Waals surface area contributed by atoms with Gasteiger partial charge in [0.15, 0.2) is 0 Å². The third-order valence-corrected chi connectivity index (χ3v) is 8.26. The van der Waals surface area contributed by atoms with Crippen molar-refractivity contribution in [1.29, 1.82) is 0 Å². The molecular weight excluding hydrogens is 407 g/mol. The van der Waals surface area contributed by atoms with Crippen LogP contribution in [0.4, 0.5) is 0 Å². The van der Waals surface area contributed by atoms with Gasteiger partial charge < -0.3 is 0 Å². The fourth-order valence-corrected chi connectivity index (χ4v) is 6.11. The van der Waals surface area contributed by atoms with E-state index < -0.39 is 17.2 Å². The van der Waals surface area contributed by atoms with Gasteiger partial charge in [-0.1, -0.05) is 0 Å². The summed E-state index contributed by atoms with van der Waals surface area (Å²) >= 11 is 0.0663. The molecule has 1 unspecified atom stereocenters. The number of benzene rings is 2. The molecule has 1 aliphatic carbocycles. The zero-order chi connectivity index (χ0) is 19.2. The van der Waals surface area contributed by atoms with Crippen molar-refractivity contribution in [2.24, 2.45) is 0 Å². The Morgan fingerprint density at radius 2 is 1.78 bits per heavy atom. The van der Waals surface area contributed by atoms with Crippen LogP contribution >= 0.6 is 0 Å². The predicted molar refractivity (Wildman–Crippen MR) is 105 cm³/mol. The summed E-state index contributed by atoms with van der Waals surface area (Å²) in [4.78, 5) is 25.4. The van der Waals surface area contributed by atoms with E-state index in [-0.39, 0.29) is 19.8 Å². The van der Waals surface area contributed by atoms with E-state index in [0.717, 1.165) is 11.3 Å². The fourth-order valence-electron chi connectivity index (χ4n) is 3.49. The van der Waals surface area contributed by atoms with Crippen LogP contribution in [-0.2, 0) is 9.53 Å². The molecule has 4 nitrogen and oxygen atoms in total. The van der Waals surface area contributed by atoms with Crippen LogP contribution in [-0.4, -0.2) is 39.2 Å². The van der Waals surface area contributed by atoms with E-state index in [1.807, 2.05) is 30.3 Å². The second-order valence-corrected chi connectivity index (χ2v) is 9.88. The van der Waals surface area contributed by atoms with Crippen LogP contribution in [0.3, 0.4) is 0 Å². The van der Waals surface area contributed by atoms with Gasteiger partial charge in [0.1, 0.15) is 0 Å². The van der Waals surface area contributed by atoms with Crippen molar-refractivity contribution in [3.8, 4) is 5.75 Å². The first-order chi connectivity index (χ1) is 12.9. The second kappa shape index (κ2) is 6.66. The van der Waals surface area contributed by atoms with Crippen LogP contribution in [0.2, 0.25) is 4.82 Å². The van der Waals surface area contributed by atoms with E-state index in [4.69, 9.17) is 9.47 Å². The molecule has 0 saturated heterocycles. The van der Waals surface area contributed by atoms with Gasteiger partial charge in [0.05, 0.1) is 0 Å². The summed E-state index contributed by atoms with van der Waals surface area (Å²) in [6.45, 7) is 4.12. The third kappa shape index (κ3) is 3.11. The molecule has 0 radical (unpaired) electrons. The molecule has 2 aromatic carbocycles. The summed E-state index contributed by atoms with van der Waals surface area (Å²) in [7, 11) is 1.65. The molecule has 2 aliphatic rings. The first-order valence-corrected chi connectivity index (χ1v) is 10.7. The molecule has 27 heavy (non-hydrogen) atoms. The summed E-state index contributed by atoms with van der Waals surface area (Å²) in [5, 5.41) is 0. The van der Waals surface area contributed by atoms with Gasteiger partial charge in [-0.3, -0.25) is 0 Å². The van der Waals surface area contributed by atoms with Gasteiger partial charge >= 0.3 is 165 Å². The van der Waals surface area contributed by atoms with Gasteiger partial charge in [-0.15, -0.1) is 0 Å². The summed E-state index contributed by atoms with van der Waals surface area (Å²) in [5.41, 5.74) is 1.26. The number of rotatable bonds is 3. The summed E-state index contributed by atoms with van der Waals surface area (Å²) in [6.07, 6.45) is 0.554. The van der Waals surface area contributed by atoms with Crippen molar-refractivity contribution >= 4 is 36.7 Å². The van der Waals surface area contributed by atoms with Gasteiger partial charge in [-0.25, -0.2) is 0 Å². The number of carbonyl (C=O) groups excluding carboxylic acids is 2. The van der Waals surface area contributed by atoms with Crippen molar-refractivity contribution in [2.75, 3.05) is 7.11 Å². The molecular formula is C22H20O4Se. The van der Waals surface area contributed by atoms with Crippen molar-refractivity contribution in [1.82, 2.24) is 0 Å². The Balaban J connectivity index is 1.72. The van der Waals surface area contributed by atoms with Crippen LogP contribution in [0, 0.1) is 0 Å². The fraction of sp³-hybridized carbons (Fsp3) is 0.273. The molecule has 0 amide bonds. The van der Waals surface area contributed by atoms with Crippen molar-refractivity contribution < 1.29 is 19.1 Å². The molecule has 5 heteroatoms. The standard InChI is InChI=1S/C22H20O4Se/c1-22(2)18(27-14-8-6-7-13(11-14)25-3)12-17-20(24)19(23)15-9-4-5-10-16(15)21(17)26-22/h4-11,18H,12H2,1-3H3. The molecule has 1 aliphatic heterocycles. The van der Waals surface area contributed by atoms with Crippen molar-refractivity contribution in [3.05, 3.63) is 65.2 Å². The van der Waals surface area contributed by atoms with Gasteiger partial charge in [-0.05, 0) is 0 Å². The molecule has 0 saturated carbocycles. The number of ketones is 2. The van der Waals surface area contributed by atoms with E-state index in [2.05, 4.69) is 19.9 Å². The van der Waals surface area contributed by atoms with Crippen molar-refractivity contribution in [3.63, 3.8) is 0 Å². The maximum atomic E-state index is 12.7. The summed E-state index contributed by atoms with van der Waals surface area (Å²) in [5.74, 6) is 0.547. The average molecular weight is 427 g/mol. The van der Waals surface area contributed by atoms with Crippen LogP contribution in [0.25, 0.3) is 5.76 Å². The average Bonchev–Trinajstić information content (AvgIpc) is 2.67. The number of allylic oxidation sites excluding steroid dienone is 1. The number of ether oxygens (including phenoxy) is 2. The Labute approximate surface area is 164 Å². The van der Waals surface area contributed by atoms with Crippen LogP contribution in [0.1, 0.15) is 36.2 Å². The SMILES string of the molecule is COc1cccc([Se]C2CC3=C(OC2(C)C)c2ccccc2C(=O)C3=O)c1. The molecule has 4 rings (SSSR count). The number of carbonyl (C=O) groups is 2. The van der Waals surface area contributed by atoms with E-state index in [1.165, 1.54) is 4.46 Å². The number of hydrogen-bond acceptors (Lipinski definition) is 4. The van der Waals surface area contributed by atoms with Crippen LogP contribution in [0.5, 0.6) is 5.75 Å². The van der Waals surface area contributed by atoms with Gasteiger partial charge in [-0.2, -0.15) is 0 Å². The first-order valence-electron chi connectivity index (χ1n) is 8.82. The van der Waals surface area contributed by atoms with Gasteiger partial charge in [0, 0.05) is 0 Å². The zero-order valence-electron chi connectivity index (χ0n) is 15.4. The molecule has 0 spiro atoms. The number of fused-ring (bicyclic) bond motifs is 2. The minimum absolute atomic E-state index is 0.0663. The Morgan fingerprint density at radius 3 is 2.52 bits per heavy atom. The molecule has 1 heterocycles. The molecule has 138 valence electrons. The quantitative estimate of drug-likeness (QED) is 0.558. The second-order valence-electron chi connectivity index (χ2n) is 7.21. The Morgan fingerprint density at radius 1 is 1.04 bits per heavy atom. The van der Waals surface area contributed by atoms with E-state index in [1.54, 1.807) is 19.2 Å². The Kier molecular flexibility index (Phi) is 4.45. The predicted octanol–water partition coefficient (Wildman–Crippen LogP) is 3.19. The Bertz CT molecular complexity index is 974. The van der Waals surface area contributed by atoms with Gasteiger partial charge in [0.25, 0.3) is 0 Å². The molecule has 0 bridgehead atoms. The normalized spacial score (nSPS) is 20.6. The summed E-state index contributed by atoms with van der Waals surface area (Å²) in [6, 6.07) is 15.2. The number of Topliss-reactive ketones (excluding diaryl/α,β-unsaturated/α-hetero) is 2. The molecule has 0 N–H and O–H groups in total. The molecule has 2 aromatic rings. The third-order valence-electron chi connectivity index (χ3n) is 5.02. The maximum absolute atomic E-state index is 12.7.